The highest BCUT2D eigenvalue weighted by molar-refractivity contribution is 7.13. The van der Waals surface area contributed by atoms with Crippen LogP contribution in [0.1, 0.15) is 29.4 Å². The average Bonchev–Trinajstić information content (AvgIpc) is 3.42. The van der Waals surface area contributed by atoms with Crippen molar-refractivity contribution >= 4 is 39.4 Å². The molecule has 1 unspecified atom stereocenters. The van der Waals surface area contributed by atoms with Gasteiger partial charge in [-0.15, -0.1) is 11.3 Å². The number of aromatic nitrogens is 3. The highest BCUT2D eigenvalue weighted by Crippen LogP contribution is 2.24. The van der Waals surface area contributed by atoms with Crippen molar-refractivity contribution in [2.45, 2.75) is 26.4 Å². The van der Waals surface area contributed by atoms with Gasteiger partial charge >= 0.3 is 5.97 Å². The molecule has 2 aromatic carbocycles. The van der Waals surface area contributed by atoms with E-state index in [-0.39, 0.29) is 0 Å². The first-order valence-corrected chi connectivity index (χ1v) is 10.9. The molecule has 0 spiro atoms. The molecule has 0 bridgehead atoms. The van der Waals surface area contributed by atoms with Crippen LogP contribution < -0.4 is 10.1 Å². The van der Waals surface area contributed by atoms with Crippen LogP contribution in [0.5, 0.6) is 5.75 Å². The van der Waals surface area contributed by atoms with Crippen molar-refractivity contribution < 1.29 is 19.1 Å². The van der Waals surface area contributed by atoms with Crippen molar-refractivity contribution in [1.29, 1.82) is 0 Å². The fourth-order valence-corrected chi connectivity index (χ4v) is 3.83. The second kappa shape index (κ2) is 9.19. The van der Waals surface area contributed by atoms with E-state index >= 15 is 0 Å². The highest BCUT2D eigenvalue weighted by Gasteiger charge is 2.23. The third-order valence-electron chi connectivity index (χ3n) is 4.84. The van der Waals surface area contributed by atoms with Gasteiger partial charge in [-0.1, -0.05) is 6.92 Å². The van der Waals surface area contributed by atoms with Crippen LogP contribution in [0.25, 0.3) is 22.4 Å². The molecule has 0 saturated heterocycles. The number of amides is 1. The Kier molecular flexibility index (Phi) is 6.18. The standard InChI is InChI=1S/C23H22N4O4S/c1-4-19(21(28)27-23-24-13(2)12-32-23)31-22(29)15-7-10-17-18(11-15)26-20(25-17)14-5-8-16(30-3)9-6-14/h5-12,19H,4H2,1-3H3,(H,25,26)(H,24,27,28). The van der Waals surface area contributed by atoms with Crippen molar-refractivity contribution in [2.75, 3.05) is 12.4 Å². The average molecular weight is 451 g/mol. The molecule has 2 aromatic heterocycles. The van der Waals surface area contributed by atoms with Gasteiger partial charge in [0.1, 0.15) is 11.6 Å². The molecule has 0 saturated carbocycles. The minimum Gasteiger partial charge on any atom is -0.497 e. The van der Waals surface area contributed by atoms with E-state index in [4.69, 9.17) is 9.47 Å². The Labute approximate surface area is 188 Å². The van der Waals surface area contributed by atoms with Crippen LogP contribution in [0.3, 0.4) is 0 Å². The second-order valence-corrected chi connectivity index (χ2v) is 7.99. The second-order valence-electron chi connectivity index (χ2n) is 7.13. The van der Waals surface area contributed by atoms with Gasteiger partial charge in [0.25, 0.3) is 5.91 Å². The summed E-state index contributed by atoms with van der Waals surface area (Å²) in [6.45, 7) is 3.62. The largest absolute Gasteiger partial charge is 0.497 e. The number of hydrogen-bond acceptors (Lipinski definition) is 7. The van der Waals surface area contributed by atoms with Gasteiger partial charge in [-0.3, -0.25) is 10.1 Å². The van der Waals surface area contributed by atoms with Crippen LogP contribution in [-0.4, -0.2) is 40.0 Å². The van der Waals surface area contributed by atoms with E-state index in [0.29, 0.717) is 28.5 Å². The molecule has 1 amide bonds. The summed E-state index contributed by atoms with van der Waals surface area (Å²) in [5, 5.41) is 5.01. The number of aryl methyl sites for hydroxylation is 1. The molecule has 0 fully saturated rings. The van der Waals surface area contributed by atoms with E-state index in [2.05, 4.69) is 20.3 Å². The van der Waals surface area contributed by atoms with E-state index in [0.717, 1.165) is 22.5 Å². The number of thiazole rings is 1. The quantitative estimate of drug-likeness (QED) is 0.399. The van der Waals surface area contributed by atoms with E-state index < -0.39 is 18.0 Å². The molecule has 0 aliphatic heterocycles. The third kappa shape index (κ3) is 4.62. The van der Waals surface area contributed by atoms with Crippen LogP contribution >= 0.6 is 11.3 Å². The van der Waals surface area contributed by atoms with Gasteiger partial charge < -0.3 is 14.5 Å². The molecule has 9 heteroatoms. The maximum atomic E-state index is 12.7. The van der Waals surface area contributed by atoms with E-state index in [9.17, 15) is 9.59 Å². The molecule has 1 atom stereocenters. The summed E-state index contributed by atoms with van der Waals surface area (Å²) in [5.41, 5.74) is 3.46. The SMILES string of the molecule is CCC(OC(=O)c1ccc2nc(-c3ccc(OC)cc3)[nH]c2c1)C(=O)Nc1nc(C)cs1. The smallest absolute Gasteiger partial charge is 0.338 e. The number of fused-ring (bicyclic) bond motifs is 1. The van der Waals surface area contributed by atoms with Gasteiger partial charge in [-0.2, -0.15) is 0 Å². The summed E-state index contributed by atoms with van der Waals surface area (Å²) < 4.78 is 10.7. The zero-order chi connectivity index (χ0) is 22.7. The Bertz CT molecular complexity index is 1260. The topological polar surface area (TPSA) is 106 Å². The first kappa shape index (κ1) is 21.5. The minimum atomic E-state index is -0.918. The van der Waals surface area contributed by atoms with Gasteiger partial charge in [-0.05, 0) is 55.8 Å². The Balaban J connectivity index is 1.49. The summed E-state index contributed by atoms with van der Waals surface area (Å²) in [7, 11) is 1.61. The molecular weight excluding hydrogens is 428 g/mol. The van der Waals surface area contributed by atoms with Gasteiger partial charge in [0, 0.05) is 10.9 Å². The summed E-state index contributed by atoms with van der Waals surface area (Å²) in [6.07, 6.45) is -0.574. The van der Waals surface area contributed by atoms with Gasteiger partial charge in [0.15, 0.2) is 11.2 Å². The zero-order valence-electron chi connectivity index (χ0n) is 17.8. The molecule has 32 heavy (non-hydrogen) atoms. The first-order chi connectivity index (χ1) is 15.5. The first-order valence-electron chi connectivity index (χ1n) is 10.0. The number of benzene rings is 2. The fraction of sp³-hybridized carbons (Fsp3) is 0.217. The number of carbonyl (C=O) groups excluding carboxylic acids is 2. The number of ether oxygens (including phenoxy) is 2. The molecule has 8 nitrogen and oxygen atoms in total. The van der Waals surface area contributed by atoms with Crippen molar-refractivity contribution in [1.82, 2.24) is 15.0 Å². The molecule has 4 rings (SSSR count). The molecule has 0 aliphatic carbocycles. The maximum absolute atomic E-state index is 12.7. The van der Waals surface area contributed by atoms with Crippen molar-refractivity contribution in [3.63, 3.8) is 0 Å². The number of methoxy groups -OCH3 is 1. The number of aromatic amines is 1. The maximum Gasteiger partial charge on any atom is 0.338 e. The van der Waals surface area contributed by atoms with Crippen LogP contribution in [0, 0.1) is 6.92 Å². The predicted octanol–water partition coefficient (Wildman–Crippen LogP) is 4.58. The Morgan fingerprint density at radius 2 is 1.94 bits per heavy atom. The normalized spacial score (nSPS) is 11.8. The summed E-state index contributed by atoms with van der Waals surface area (Å²) in [4.78, 5) is 37.2. The van der Waals surface area contributed by atoms with E-state index in [1.807, 2.05) is 36.6 Å². The van der Waals surface area contributed by atoms with Crippen LogP contribution in [-0.2, 0) is 9.53 Å². The summed E-state index contributed by atoms with van der Waals surface area (Å²) >= 11 is 1.32. The summed E-state index contributed by atoms with van der Waals surface area (Å²) in [6, 6.07) is 12.6. The molecule has 2 heterocycles. The van der Waals surface area contributed by atoms with Crippen molar-refractivity contribution in [3.8, 4) is 17.1 Å². The number of anilines is 1. The van der Waals surface area contributed by atoms with Crippen LogP contribution in [0.4, 0.5) is 5.13 Å². The molecule has 4 aromatic rings. The lowest BCUT2D eigenvalue weighted by Gasteiger charge is -2.15. The van der Waals surface area contributed by atoms with E-state index in [1.54, 1.807) is 32.2 Å². The van der Waals surface area contributed by atoms with Crippen molar-refractivity contribution in [2.24, 2.45) is 0 Å². The van der Waals surface area contributed by atoms with Gasteiger partial charge in [0.2, 0.25) is 0 Å². The molecule has 0 radical (unpaired) electrons. The Morgan fingerprint density at radius 1 is 1.16 bits per heavy atom. The van der Waals surface area contributed by atoms with Crippen LogP contribution in [0.15, 0.2) is 47.8 Å². The number of rotatable bonds is 7. The Hall–Kier alpha value is -3.72. The number of esters is 1. The predicted molar refractivity (Wildman–Crippen MR) is 123 cm³/mol. The molecular formula is C23H22N4O4S. The monoisotopic (exact) mass is 450 g/mol. The zero-order valence-corrected chi connectivity index (χ0v) is 18.7. The number of nitrogens with one attached hydrogen (secondary N) is 2. The molecule has 2 N–H and O–H groups in total. The molecule has 164 valence electrons. The lowest BCUT2D eigenvalue weighted by molar-refractivity contribution is -0.124. The number of H-pyrrole nitrogens is 1. The molecule has 0 aliphatic rings. The van der Waals surface area contributed by atoms with E-state index in [1.165, 1.54) is 11.3 Å². The summed E-state index contributed by atoms with van der Waals surface area (Å²) in [5.74, 6) is 0.455. The third-order valence-corrected chi connectivity index (χ3v) is 5.72. The highest BCUT2D eigenvalue weighted by atomic mass is 32.1. The lowest BCUT2D eigenvalue weighted by atomic mass is 10.2. The van der Waals surface area contributed by atoms with Gasteiger partial charge in [0.05, 0.1) is 29.4 Å². The number of nitrogens with zero attached hydrogens (tertiary/aromatic N) is 2. The number of carbonyl (C=O) groups is 2. The van der Waals surface area contributed by atoms with Crippen molar-refractivity contribution in [3.05, 3.63) is 59.1 Å². The fourth-order valence-electron chi connectivity index (χ4n) is 3.14. The van der Waals surface area contributed by atoms with Gasteiger partial charge in [-0.25, -0.2) is 14.8 Å². The minimum absolute atomic E-state index is 0.332. The Morgan fingerprint density at radius 3 is 2.59 bits per heavy atom. The van der Waals surface area contributed by atoms with Crippen LogP contribution in [0.2, 0.25) is 0 Å². The number of hydrogen-bond donors (Lipinski definition) is 2. The lowest BCUT2D eigenvalue weighted by Crippen LogP contribution is -2.32. The number of imidazole rings is 1.